The summed E-state index contributed by atoms with van der Waals surface area (Å²) < 4.78 is 0. The van der Waals surface area contributed by atoms with Gasteiger partial charge in [-0.1, -0.05) is 12.1 Å². The van der Waals surface area contributed by atoms with Crippen LogP contribution in [0.2, 0.25) is 0 Å². The van der Waals surface area contributed by atoms with Crippen LogP contribution >= 0.6 is 0 Å². The largest absolute Gasteiger partial charge is 0.481 e. The van der Waals surface area contributed by atoms with E-state index in [1.54, 1.807) is 12.4 Å². The van der Waals surface area contributed by atoms with Gasteiger partial charge in [0.2, 0.25) is 0 Å². The zero-order valence-corrected chi connectivity index (χ0v) is 19.8. The summed E-state index contributed by atoms with van der Waals surface area (Å²) in [6, 6.07) is 11.2. The number of benzene rings is 1. The molecule has 2 aromatic rings. The standard InChI is InChI=1S/C26H33N5O4/c32-23-16-28-26(29-17-23)30-22-5-1-3-20(13-22)25(35)31-11-8-18(9-12-31)6-7-19(14-24(33)34)21-4-2-10-27-15-21/h1-5,10,13,15,18-19,23,32H,6-9,11-12,14,16-17H2,(H,33,34)(H2,28,29,30). The number of nitrogens with one attached hydrogen (secondary N) is 2. The number of aliphatic hydroxyl groups excluding tert-OH is 1. The Morgan fingerprint density at radius 2 is 2.03 bits per heavy atom. The van der Waals surface area contributed by atoms with Crippen molar-refractivity contribution in [2.75, 3.05) is 31.5 Å². The zero-order valence-electron chi connectivity index (χ0n) is 19.8. The Kier molecular flexibility index (Phi) is 8.31. The summed E-state index contributed by atoms with van der Waals surface area (Å²) in [7, 11) is 0. The van der Waals surface area contributed by atoms with Crippen molar-refractivity contribution in [3.8, 4) is 0 Å². The third-order valence-corrected chi connectivity index (χ3v) is 6.74. The van der Waals surface area contributed by atoms with Crippen LogP contribution in [0.1, 0.15) is 53.9 Å². The number of aromatic nitrogens is 1. The molecular formula is C26H33N5O4. The normalized spacial score (nSPS) is 19.4. The molecule has 2 unspecified atom stereocenters. The first-order valence-electron chi connectivity index (χ1n) is 12.2. The second-order valence-electron chi connectivity index (χ2n) is 9.32. The van der Waals surface area contributed by atoms with Crippen molar-refractivity contribution in [1.29, 1.82) is 0 Å². The minimum atomic E-state index is -0.792. The van der Waals surface area contributed by atoms with E-state index in [4.69, 9.17) is 0 Å². The van der Waals surface area contributed by atoms with Crippen molar-refractivity contribution in [3.05, 3.63) is 59.9 Å². The number of hydrogen-bond donors (Lipinski definition) is 4. The molecular weight excluding hydrogens is 446 g/mol. The molecule has 1 amide bonds. The first-order valence-corrected chi connectivity index (χ1v) is 12.2. The van der Waals surface area contributed by atoms with E-state index in [2.05, 4.69) is 20.6 Å². The molecule has 1 aromatic carbocycles. The molecule has 1 aromatic heterocycles. The highest BCUT2D eigenvalue weighted by Crippen LogP contribution is 2.30. The van der Waals surface area contributed by atoms with Crippen molar-refractivity contribution in [2.45, 2.75) is 44.1 Å². The SMILES string of the molecule is O=C(O)CC(CCC1CCN(C(=O)c2cccc(NC3=NCC(O)CN3)c2)CC1)c1cccnc1. The van der Waals surface area contributed by atoms with E-state index in [1.807, 2.05) is 41.3 Å². The fourth-order valence-electron chi connectivity index (χ4n) is 4.74. The lowest BCUT2D eigenvalue weighted by molar-refractivity contribution is -0.137. The number of likely N-dealkylation sites (tertiary alicyclic amines) is 1. The highest BCUT2D eigenvalue weighted by Gasteiger charge is 2.25. The summed E-state index contributed by atoms with van der Waals surface area (Å²) in [5.74, 6) is 0.252. The van der Waals surface area contributed by atoms with Gasteiger partial charge in [-0.05, 0) is 67.3 Å². The number of nitrogens with zero attached hydrogens (tertiary/aromatic N) is 3. The number of aliphatic imine (C=N–C) groups is 1. The summed E-state index contributed by atoms with van der Waals surface area (Å²) in [6.45, 7) is 2.19. The lowest BCUT2D eigenvalue weighted by atomic mass is 9.85. The van der Waals surface area contributed by atoms with Crippen LogP contribution in [-0.2, 0) is 4.79 Å². The number of carbonyl (C=O) groups is 2. The maximum absolute atomic E-state index is 13.1. The first-order chi connectivity index (χ1) is 17.0. The van der Waals surface area contributed by atoms with E-state index < -0.39 is 12.1 Å². The molecule has 186 valence electrons. The topological polar surface area (TPSA) is 127 Å². The van der Waals surface area contributed by atoms with Crippen molar-refractivity contribution in [1.82, 2.24) is 15.2 Å². The Labute approximate surface area is 205 Å². The lowest BCUT2D eigenvalue weighted by Gasteiger charge is -2.33. The number of carboxylic acid groups (broad SMARTS) is 1. The second-order valence-corrected chi connectivity index (χ2v) is 9.32. The van der Waals surface area contributed by atoms with E-state index in [0.717, 1.165) is 36.9 Å². The number of carbonyl (C=O) groups excluding carboxylic acids is 1. The van der Waals surface area contributed by atoms with Gasteiger partial charge in [-0.25, -0.2) is 0 Å². The second kappa shape index (κ2) is 11.8. The van der Waals surface area contributed by atoms with Crippen LogP contribution in [-0.4, -0.2) is 70.2 Å². The van der Waals surface area contributed by atoms with Crippen LogP contribution in [0.25, 0.3) is 0 Å². The average Bonchev–Trinajstić information content (AvgIpc) is 2.88. The van der Waals surface area contributed by atoms with Gasteiger partial charge in [0.15, 0.2) is 5.96 Å². The predicted molar refractivity (Wildman–Crippen MR) is 133 cm³/mol. The van der Waals surface area contributed by atoms with Gasteiger partial charge in [0.1, 0.15) is 0 Å². The summed E-state index contributed by atoms with van der Waals surface area (Å²) in [5.41, 5.74) is 2.37. The number of rotatable bonds is 8. The maximum atomic E-state index is 13.1. The number of pyridine rings is 1. The van der Waals surface area contributed by atoms with Crippen molar-refractivity contribution >= 4 is 23.5 Å². The molecule has 2 atom stereocenters. The molecule has 2 aliphatic rings. The predicted octanol–water partition coefficient (Wildman–Crippen LogP) is 2.70. The molecule has 1 saturated heterocycles. The monoisotopic (exact) mass is 479 g/mol. The highest BCUT2D eigenvalue weighted by molar-refractivity contribution is 5.98. The van der Waals surface area contributed by atoms with Gasteiger partial charge >= 0.3 is 5.97 Å². The summed E-state index contributed by atoms with van der Waals surface area (Å²) >= 11 is 0. The van der Waals surface area contributed by atoms with Gasteiger partial charge < -0.3 is 25.7 Å². The summed E-state index contributed by atoms with van der Waals surface area (Å²) in [4.78, 5) is 34.8. The number of aliphatic hydroxyl groups is 1. The zero-order chi connectivity index (χ0) is 24.6. The van der Waals surface area contributed by atoms with E-state index in [0.29, 0.717) is 43.6 Å². The molecule has 35 heavy (non-hydrogen) atoms. The number of guanidine groups is 1. The molecule has 9 heteroatoms. The molecule has 1 fully saturated rings. The first kappa shape index (κ1) is 24.7. The smallest absolute Gasteiger partial charge is 0.303 e. The number of carboxylic acids is 1. The van der Waals surface area contributed by atoms with Crippen LogP contribution in [0.5, 0.6) is 0 Å². The number of β-amino-alcohol motifs (C(OH)–C–C–N with tert-alkyl or cyclic N) is 1. The van der Waals surface area contributed by atoms with Gasteiger partial charge in [-0.3, -0.25) is 19.6 Å². The van der Waals surface area contributed by atoms with Gasteiger partial charge in [0.25, 0.3) is 5.91 Å². The molecule has 2 aliphatic heterocycles. The molecule has 0 radical (unpaired) electrons. The number of anilines is 1. The fraction of sp³-hybridized carbons (Fsp3) is 0.462. The summed E-state index contributed by atoms with van der Waals surface area (Å²) in [5, 5.41) is 25.1. The average molecular weight is 480 g/mol. The van der Waals surface area contributed by atoms with E-state index in [1.165, 1.54) is 0 Å². The van der Waals surface area contributed by atoms with Crippen molar-refractivity contribution in [2.24, 2.45) is 10.9 Å². The molecule has 0 aliphatic carbocycles. The molecule has 9 nitrogen and oxygen atoms in total. The molecule has 0 spiro atoms. The number of amides is 1. The lowest BCUT2D eigenvalue weighted by Crippen LogP contribution is -2.42. The molecule has 4 N–H and O–H groups in total. The molecule has 4 rings (SSSR count). The summed E-state index contributed by atoms with van der Waals surface area (Å²) in [6.07, 6.45) is 6.67. The maximum Gasteiger partial charge on any atom is 0.303 e. The minimum absolute atomic E-state index is 0.0141. The molecule has 3 heterocycles. The Balaban J connectivity index is 1.28. The fourth-order valence-corrected chi connectivity index (χ4v) is 4.74. The van der Waals surface area contributed by atoms with E-state index in [9.17, 15) is 19.8 Å². The van der Waals surface area contributed by atoms with Crippen LogP contribution in [0, 0.1) is 5.92 Å². The number of aliphatic carboxylic acids is 1. The van der Waals surface area contributed by atoms with E-state index in [-0.39, 0.29) is 18.2 Å². The van der Waals surface area contributed by atoms with Crippen LogP contribution in [0.4, 0.5) is 5.69 Å². The Bertz CT molecular complexity index is 1040. The van der Waals surface area contributed by atoms with Crippen molar-refractivity contribution in [3.63, 3.8) is 0 Å². The Morgan fingerprint density at radius 1 is 1.20 bits per heavy atom. The molecule has 0 bridgehead atoms. The minimum Gasteiger partial charge on any atom is -0.481 e. The number of piperidine rings is 1. The Morgan fingerprint density at radius 3 is 2.71 bits per heavy atom. The quantitative estimate of drug-likeness (QED) is 0.458. The third-order valence-electron chi connectivity index (χ3n) is 6.74. The van der Waals surface area contributed by atoms with Crippen LogP contribution < -0.4 is 10.6 Å². The van der Waals surface area contributed by atoms with Gasteiger partial charge in [0, 0.05) is 43.3 Å². The van der Waals surface area contributed by atoms with Gasteiger partial charge in [-0.2, -0.15) is 0 Å². The van der Waals surface area contributed by atoms with Gasteiger partial charge in [-0.15, -0.1) is 0 Å². The number of hydrogen-bond acceptors (Lipinski definition) is 7. The van der Waals surface area contributed by atoms with E-state index >= 15 is 0 Å². The van der Waals surface area contributed by atoms with Gasteiger partial charge in [0.05, 0.1) is 19.1 Å². The highest BCUT2D eigenvalue weighted by atomic mass is 16.4. The third kappa shape index (κ3) is 7.02. The van der Waals surface area contributed by atoms with Crippen LogP contribution in [0.3, 0.4) is 0 Å². The van der Waals surface area contributed by atoms with Crippen LogP contribution in [0.15, 0.2) is 53.8 Å². The Hall–Kier alpha value is -3.46. The molecule has 0 saturated carbocycles. The van der Waals surface area contributed by atoms with Crippen molar-refractivity contribution < 1.29 is 19.8 Å².